The van der Waals surface area contributed by atoms with Crippen LogP contribution in [0.25, 0.3) is 6.08 Å². The molecule has 4 heteroatoms. The van der Waals surface area contributed by atoms with Crippen molar-refractivity contribution >= 4 is 17.8 Å². The van der Waals surface area contributed by atoms with Crippen LogP contribution < -0.4 is 9.47 Å². The number of esters is 1. The Kier molecular flexibility index (Phi) is 11.2. The molecule has 31 heavy (non-hydrogen) atoms. The molecule has 0 aliphatic rings. The number of carbonyl (C=O) groups excluding carboxylic acids is 2. The second-order valence-corrected chi connectivity index (χ2v) is 7.73. The molecule has 0 aliphatic heterocycles. The Hall–Kier alpha value is -2.88. The molecule has 0 unspecified atom stereocenters. The summed E-state index contributed by atoms with van der Waals surface area (Å²) in [4.78, 5) is 23.2. The van der Waals surface area contributed by atoms with E-state index in [0.29, 0.717) is 11.3 Å². The lowest BCUT2D eigenvalue weighted by Crippen LogP contribution is -2.04. The van der Waals surface area contributed by atoms with Crippen molar-refractivity contribution in [1.82, 2.24) is 0 Å². The minimum Gasteiger partial charge on any atom is -0.494 e. The Morgan fingerprint density at radius 2 is 1.35 bits per heavy atom. The summed E-state index contributed by atoms with van der Waals surface area (Å²) in [6, 6.07) is 14.2. The van der Waals surface area contributed by atoms with Crippen LogP contribution in [0, 0.1) is 0 Å². The smallest absolute Gasteiger partial charge is 0.336 e. The maximum absolute atomic E-state index is 12.0. The van der Waals surface area contributed by atoms with Crippen LogP contribution >= 0.6 is 0 Å². The van der Waals surface area contributed by atoms with Crippen LogP contribution in [-0.2, 0) is 4.79 Å². The van der Waals surface area contributed by atoms with Crippen molar-refractivity contribution in [1.29, 1.82) is 0 Å². The first-order valence-electron chi connectivity index (χ1n) is 11.3. The molecule has 0 atom stereocenters. The predicted molar refractivity (Wildman–Crippen MR) is 126 cm³/mol. The predicted octanol–water partition coefficient (Wildman–Crippen LogP) is 7.03. The first kappa shape index (κ1) is 24.4. The Labute approximate surface area is 186 Å². The molecule has 0 heterocycles. The maximum Gasteiger partial charge on any atom is 0.336 e. The lowest BCUT2D eigenvalue weighted by atomic mass is 10.1. The van der Waals surface area contributed by atoms with Gasteiger partial charge in [0, 0.05) is 11.6 Å². The van der Waals surface area contributed by atoms with Gasteiger partial charge in [-0.2, -0.15) is 0 Å². The van der Waals surface area contributed by atoms with Gasteiger partial charge in [0.25, 0.3) is 0 Å². The van der Waals surface area contributed by atoms with Gasteiger partial charge < -0.3 is 9.47 Å². The molecular weight excluding hydrogens is 388 g/mol. The third-order valence-corrected chi connectivity index (χ3v) is 5.04. The zero-order chi connectivity index (χ0) is 22.3. The number of carbonyl (C=O) groups is 2. The molecule has 0 spiro atoms. The van der Waals surface area contributed by atoms with Gasteiger partial charge in [-0.25, -0.2) is 4.79 Å². The second kappa shape index (κ2) is 14.2. The third-order valence-electron chi connectivity index (χ3n) is 5.04. The monoisotopic (exact) mass is 422 g/mol. The highest BCUT2D eigenvalue weighted by Crippen LogP contribution is 2.16. The van der Waals surface area contributed by atoms with Crippen molar-refractivity contribution in [3.05, 3.63) is 65.7 Å². The van der Waals surface area contributed by atoms with E-state index in [9.17, 15) is 9.59 Å². The SMILES string of the molecule is CCCCCCCCCCOc1ccc(/C=C/C(=O)Oc2ccc(C(C)=O)cc2)cc1. The van der Waals surface area contributed by atoms with Crippen LogP contribution in [0.3, 0.4) is 0 Å². The van der Waals surface area contributed by atoms with Crippen molar-refractivity contribution in [2.24, 2.45) is 0 Å². The fourth-order valence-electron chi connectivity index (χ4n) is 3.17. The fourth-order valence-corrected chi connectivity index (χ4v) is 3.17. The van der Waals surface area contributed by atoms with E-state index >= 15 is 0 Å². The van der Waals surface area contributed by atoms with Gasteiger partial charge in [-0.05, 0) is 61.4 Å². The summed E-state index contributed by atoms with van der Waals surface area (Å²) >= 11 is 0. The molecule has 2 aromatic rings. The van der Waals surface area contributed by atoms with Gasteiger partial charge in [-0.3, -0.25) is 4.79 Å². The van der Waals surface area contributed by atoms with E-state index in [2.05, 4.69) is 6.92 Å². The van der Waals surface area contributed by atoms with Crippen LogP contribution in [-0.4, -0.2) is 18.4 Å². The number of benzene rings is 2. The Bertz CT molecular complexity index is 819. The molecule has 0 saturated heterocycles. The molecule has 0 aliphatic carbocycles. The average Bonchev–Trinajstić information content (AvgIpc) is 2.78. The van der Waals surface area contributed by atoms with Crippen molar-refractivity contribution in [2.75, 3.05) is 6.61 Å². The fraction of sp³-hybridized carbons (Fsp3) is 0.407. The molecule has 0 fully saturated rings. The molecule has 0 radical (unpaired) electrons. The first-order chi connectivity index (χ1) is 15.1. The highest BCUT2D eigenvalue weighted by Gasteiger charge is 2.03. The Balaban J connectivity index is 1.66. The van der Waals surface area contributed by atoms with Crippen molar-refractivity contribution in [2.45, 2.75) is 65.2 Å². The summed E-state index contributed by atoms with van der Waals surface area (Å²) in [6.07, 6.45) is 13.4. The summed E-state index contributed by atoms with van der Waals surface area (Å²) in [5.41, 5.74) is 1.48. The van der Waals surface area contributed by atoms with Crippen LogP contribution in [0.2, 0.25) is 0 Å². The summed E-state index contributed by atoms with van der Waals surface area (Å²) in [7, 11) is 0. The third kappa shape index (κ3) is 10.1. The summed E-state index contributed by atoms with van der Waals surface area (Å²) in [5, 5.41) is 0. The molecule has 0 N–H and O–H groups in total. The Morgan fingerprint density at radius 1 is 0.774 bits per heavy atom. The quantitative estimate of drug-likeness (QED) is 0.108. The van der Waals surface area contributed by atoms with Crippen molar-refractivity contribution in [3.63, 3.8) is 0 Å². The van der Waals surface area contributed by atoms with Crippen LogP contribution in [0.1, 0.15) is 81.1 Å². The number of rotatable bonds is 14. The maximum atomic E-state index is 12.0. The molecule has 0 aromatic heterocycles. The van der Waals surface area contributed by atoms with Crippen LogP contribution in [0.15, 0.2) is 54.6 Å². The van der Waals surface area contributed by atoms with Gasteiger partial charge in [0.1, 0.15) is 11.5 Å². The highest BCUT2D eigenvalue weighted by molar-refractivity contribution is 5.94. The molecular formula is C27H34O4. The lowest BCUT2D eigenvalue weighted by molar-refractivity contribution is -0.128. The topological polar surface area (TPSA) is 52.6 Å². The van der Waals surface area contributed by atoms with E-state index < -0.39 is 5.97 Å². The Morgan fingerprint density at radius 3 is 1.97 bits per heavy atom. The van der Waals surface area contributed by atoms with E-state index in [0.717, 1.165) is 24.3 Å². The number of ether oxygens (including phenoxy) is 2. The van der Waals surface area contributed by atoms with Gasteiger partial charge in [0.2, 0.25) is 0 Å². The van der Waals surface area contributed by atoms with Gasteiger partial charge in [0.15, 0.2) is 5.78 Å². The minimum atomic E-state index is -0.467. The van der Waals surface area contributed by atoms with Crippen molar-refractivity contribution in [3.8, 4) is 11.5 Å². The van der Waals surface area contributed by atoms with E-state index in [1.54, 1.807) is 30.3 Å². The van der Waals surface area contributed by atoms with Crippen LogP contribution in [0.4, 0.5) is 0 Å². The van der Waals surface area contributed by atoms with Gasteiger partial charge in [0.05, 0.1) is 6.61 Å². The largest absolute Gasteiger partial charge is 0.494 e. The van der Waals surface area contributed by atoms with E-state index in [4.69, 9.17) is 9.47 Å². The zero-order valence-corrected chi connectivity index (χ0v) is 18.8. The summed E-state index contributed by atoms with van der Waals surface area (Å²) in [6.45, 7) is 4.47. The molecule has 0 amide bonds. The molecule has 2 rings (SSSR count). The molecule has 166 valence electrons. The minimum absolute atomic E-state index is 0.0250. The molecule has 2 aromatic carbocycles. The standard InChI is InChI=1S/C27H34O4/c1-3-4-5-6-7-8-9-10-21-30-25-16-11-23(12-17-25)13-20-27(29)31-26-18-14-24(15-19-26)22(2)28/h11-20H,3-10,21H2,1-2H3/b20-13+. The van der Waals surface area contributed by atoms with E-state index in [1.165, 1.54) is 57.9 Å². The van der Waals surface area contributed by atoms with E-state index in [1.807, 2.05) is 24.3 Å². The number of Topliss-reactive ketones (excluding diaryl/α,β-unsaturated/α-hetero) is 1. The second-order valence-electron chi connectivity index (χ2n) is 7.73. The van der Waals surface area contributed by atoms with Gasteiger partial charge >= 0.3 is 5.97 Å². The molecule has 4 nitrogen and oxygen atoms in total. The summed E-state index contributed by atoms with van der Waals surface area (Å²) in [5.74, 6) is 0.756. The summed E-state index contributed by atoms with van der Waals surface area (Å²) < 4.78 is 11.0. The highest BCUT2D eigenvalue weighted by atomic mass is 16.5. The van der Waals surface area contributed by atoms with Gasteiger partial charge in [-0.1, -0.05) is 64.0 Å². The first-order valence-corrected chi connectivity index (χ1v) is 11.3. The normalized spacial score (nSPS) is 10.9. The van der Waals surface area contributed by atoms with E-state index in [-0.39, 0.29) is 5.78 Å². The number of ketones is 1. The van der Waals surface area contributed by atoms with Crippen LogP contribution in [0.5, 0.6) is 11.5 Å². The molecule has 0 saturated carbocycles. The molecule has 0 bridgehead atoms. The average molecular weight is 423 g/mol. The number of unbranched alkanes of at least 4 members (excludes halogenated alkanes) is 7. The lowest BCUT2D eigenvalue weighted by Gasteiger charge is -2.06. The zero-order valence-electron chi connectivity index (χ0n) is 18.8. The number of hydrogen-bond acceptors (Lipinski definition) is 4. The number of hydrogen-bond donors (Lipinski definition) is 0. The van der Waals surface area contributed by atoms with Gasteiger partial charge in [-0.15, -0.1) is 0 Å². The van der Waals surface area contributed by atoms with Crippen molar-refractivity contribution < 1.29 is 19.1 Å².